The van der Waals surface area contributed by atoms with Crippen LogP contribution in [0.25, 0.3) is 17.2 Å². The smallest absolute Gasteiger partial charge is 0.387 e. The van der Waals surface area contributed by atoms with Crippen LogP contribution in [0.4, 0.5) is 14.5 Å². The number of benzene rings is 3. The zero-order valence-electron chi connectivity index (χ0n) is 25.5. The van der Waals surface area contributed by atoms with E-state index in [-0.39, 0.29) is 5.75 Å². The van der Waals surface area contributed by atoms with Crippen LogP contribution in [0.2, 0.25) is 0 Å². The van der Waals surface area contributed by atoms with Crippen LogP contribution in [0.5, 0.6) is 11.5 Å². The van der Waals surface area contributed by atoms with Crippen LogP contribution in [0.3, 0.4) is 0 Å². The van der Waals surface area contributed by atoms with Gasteiger partial charge in [-0.15, -0.1) is 0 Å². The molecule has 0 spiro atoms. The second-order valence-corrected chi connectivity index (χ2v) is 11.5. The number of aromatic nitrogens is 2. The molecule has 0 bridgehead atoms. The van der Waals surface area contributed by atoms with Gasteiger partial charge in [0.1, 0.15) is 18.1 Å². The predicted molar refractivity (Wildman–Crippen MR) is 172 cm³/mol. The molecule has 0 saturated carbocycles. The minimum atomic E-state index is -3.02. The van der Waals surface area contributed by atoms with Gasteiger partial charge in [-0.25, -0.2) is 4.98 Å². The van der Waals surface area contributed by atoms with Gasteiger partial charge in [0.2, 0.25) is 5.91 Å². The van der Waals surface area contributed by atoms with E-state index in [1.807, 2.05) is 49.6 Å². The standard InChI is InChI=1S/C34H37F2N3O5S/c1-4-18-42-19-20-43-29-12-6-25(7-13-29)26-8-16-32(44-34(35)36)27(21-26)9-17-33(40)38-28-10-14-30(15-11-28)45(41)22-31-24(3)37-23-39(31)5-2/h6-17,21,23,34H,4-5,18-20,22H2,1-3H3,(H,38,40)/b17-9+. The largest absolute Gasteiger partial charge is 0.611 e. The molecule has 4 aromatic rings. The van der Waals surface area contributed by atoms with Crippen molar-refractivity contribution in [2.24, 2.45) is 0 Å². The minimum Gasteiger partial charge on any atom is -0.611 e. The molecule has 0 aliphatic rings. The summed E-state index contributed by atoms with van der Waals surface area (Å²) in [5.74, 6) is 0.495. The number of hydrogen-bond donors (Lipinski definition) is 1. The lowest BCUT2D eigenvalue weighted by Gasteiger charge is -2.13. The quantitative estimate of drug-likeness (QED) is 0.0790. The Kier molecular flexibility index (Phi) is 12.6. The molecule has 45 heavy (non-hydrogen) atoms. The summed E-state index contributed by atoms with van der Waals surface area (Å²) in [5, 5.41) is 2.74. The fraction of sp³-hybridized carbons (Fsp3) is 0.294. The van der Waals surface area contributed by atoms with Crippen molar-refractivity contribution in [3.8, 4) is 22.6 Å². The lowest BCUT2D eigenvalue weighted by Crippen LogP contribution is -2.11. The van der Waals surface area contributed by atoms with Crippen LogP contribution < -0.4 is 14.8 Å². The molecule has 8 nitrogen and oxygen atoms in total. The van der Waals surface area contributed by atoms with Crippen LogP contribution in [-0.2, 0) is 33.0 Å². The molecule has 0 aliphatic heterocycles. The normalized spacial score (nSPS) is 12.1. The van der Waals surface area contributed by atoms with Crippen LogP contribution in [0, 0.1) is 6.92 Å². The zero-order chi connectivity index (χ0) is 32.2. The molecule has 1 heterocycles. The average molecular weight is 638 g/mol. The Balaban J connectivity index is 1.40. The molecule has 3 aromatic carbocycles. The number of anilines is 1. The van der Waals surface area contributed by atoms with Crippen LogP contribution in [-0.4, -0.2) is 46.4 Å². The zero-order valence-corrected chi connectivity index (χ0v) is 26.3. The monoisotopic (exact) mass is 637 g/mol. The first-order valence-electron chi connectivity index (χ1n) is 14.6. The Morgan fingerprint density at radius 3 is 2.44 bits per heavy atom. The molecular formula is C34H37F2N3O5S. The second kappa shape index (κ2) is 16.8. The number of aryl methyl sites for hydroxylation is 2. The Hall–Kier alpha value is -4.19. The maximum absolute atomic E-state index is 13.1. The molecule has 238 valence electrons. The summed E-state index contributed by atoms with van der Waals surface area (Å²) in [7, 11) is 0. The lowest BCUT2D eigenvalue weighted by atomic mass is 10.0. The molecule has 0 saturated heterocycles. The molecule has 0 aliphatic carbocycles. The van der Waals surface area contributed by atoms with E-state index in [0.29, 0.717) is 47.5 Å². The van der Waals surface area contributed by atoms with Crippen molar-refractivity contribution in [2.45, 2.75) is 51.0 Å². The molecule has 4 rings (SSSR count). The van der Waals surface area contributed by atoms with Crippen molar-refractivity contribution in [3.63, 3.8) is 0 Å². The van der Waals surface area contributed by atoms with E-state index < -0.39 is 23.7 Å². The highest BCUT2D eigenvalue weighted by molar-refractivity contribution is 7.90. The highest BCUT2D eigenvalue weighted by Gasteiger charge is 2.17. The number of carbonyl (C=O) groups excluding carboxylic acids is 1. The summed E-state index contributed by atoms with van der Waals surface area (Å²) in [6.07, 6.45) is 5.36. The molecule has 1 amide bonds. The Morgan fingerprint density at radius 1 is 1.02 bits per heavy atom. The summed E-state index contributed by atoms with van der Waals surface area (Å²) in [6, 6.07) is 18.9. The third kappa shape index (κ3) is 9.90. The second-order valence-electron chi connectivity index (χ2n) is 10.0. The number of alkyl halides is 2. The van der Waals surface area contributed by atoms with Gasteiger partial charge in [-0.05, 0) is 97.2 Å². The molecule has 0 radical (unpaired) electrons. The molecular weight excluding hydrogens is 600 g/mol. The first kappa shape index (κ1) is 33.7. The maximum Gasteiger partial charge on any atom is 0.387 e. The van der Waals surface area contributed by atoms with Gasteiger partial charge in [-0.3, -0.25) is 4.79 Å². The van der Waals surface area contributed by atoms with Crippen LogP contribution in [0.1, 0.15) is 37.2 Å². The van der Waals surface area contributed by atoms with Crippen molar-refractivity contribution in [3.05, 3.63) is 96.1 Å². The van der Waals surface area contributed by atoms with E-state index in [0.717, 1.165) is 35.5 Å². The number of amides is 1. The number of hydrogen-bond acceptors (Lipinski definition) is 6. The van der Waals surface area contributed by atoms with Crippen molar-refractivity contribution in [1.82, 2.24) is 9.55 Å². The third-order valence-electron chi connectivity index (χ3n) is 6.82. The summed E-state index contributed by atoms with van der Waals surface area (Å²) < 4.78 is 56.9. The molecule has 0 fully saturated rings. The van der Waals surface area contributed by atoms with E-state index in [1.54, 1.807) is 42.7 Å². The number of imidazole rings is 1. The topological polar surface area (TPSA) is 97.7 Å². The van der Waals surface area contributed by atoms with E-state index in [1.165, 1.54) is 18.2 Å². The molecule has 1 aromatic heterocycles. The van der Waals surface area contributed by atoms with E-state index in [9.17, 15) is 18.1 Å². The van der Waals surface area contributed by atoms with Gasteiger partial charge in [0, 0.05) is 30.5 Å². The Labute approximate surface area is 265 Å². The highest BCUT2D eigenvalue weighted by atomic mass is 32.2. The van der Waals surface area contributed by atoms with E-state index >= 15 is 0 Å². The molecule has 1 unspecified atom stereocenters. The van der Waals surface area contributed by atoms with Gasteiger partial charge in [0.15, 0.2) is 10.6 Å². The fourth-order valence-corrected chi connectivity index (χ4v) is 5.71. The number of nitrogens with one attached hydrogen (secondary N) is 1. The fourth-order valence-electron chi connectivity index (χ4n) is 4.49. The number of nitrogens with zero attached hydrogens (tertiary/aromatic N) is 2. The first-order valence-corrected chi connectivity index (χ1v) is 16.0. The summed E-state index contributed by atoms with van der Waals surface area (Å²) in [4.78, 5) is 17.6. The molecule has 11 heteroatoms. The number of halogens is 2. The predicted octanol–water partition coefficient (Wildman–Crippen LogP) is 7.24. The van der Waals surface area contributed by atoms with Crippen LogP contribution in [0.15, 0.2) is 84.0 Å². The number of carbonyl (C=O) groups is 1. The van der Waals surface area contributed by atoms with Crippen molar-refractivity contribution in [1.29, 1.82) is 0 Å². The third-order valence-corrected chi connectivity index (χ3v) is 8.15. The number of rotatable bonds is 16. The Morgan fingerprint density at radius 2 is 1.76 bits per heavy atom. The molecule has 1 N–H and O–H groups in total. The van der Waals surface area contributed by atoms with E-state index in [4.69, 9.17) is 14.2 Å². The van der Waals surface area contributed by atoms with Gasteiger partial charge in [-0.2, -0.15) is 8.78 Å². The Bertz CT molecular complexity index is 1560. The molecule has 1 atom stereocenters. The van der Waals surface area contributed by atoms with Gasteiger partial charge in [0.05, 0.1) is 24.3 Å². The van der Waals surface area contributed by atoms with Crippen molar-refractivity contribution >= 4 is 28.8 Å². The maximum atomic E-state index is 13.1. The van der Waals surface area contributed by atoms with Crippen molar-refractivity contribution < 1.29 is 32.3 Å². The van der Waals surface area contributed by atoms with Gasteiger partial charge in [-0.1, -0.05) is 25.1 Å². The lowest BCUT2D eigenvalue weighted by molar-refractivity contribution is -0.111. The van der Waals surface area contributed by atoms with Crippen molar-refractivity contribution in [2.75, 3.05) is 25.1 Å². The summed E-state index contributed by atoms with van der Waals surface area (Å²) >= 11 is -1.29. The highest BCUT2D eigenvalue weighted by Crippen LogP contribution is 2.30. The minimum absolute atomic E-state index is 0.0590. The van der Waals surface area contributed by atoms with E-state index in [2.05, 4.69) is 10.3 Å². The summed E-state index contributed by atoms with van der Waals surface area (Å²) in [6.45, 7) is 5.29. The SMILES string of the molecule is CCCOCCOc1ccc(-c2ccc(OC(F)F)c(/C=C/C(=O)Nc3ccc([S+]([O-])Cc4c(C)ncn4CC)cc3)c2)cc1. The van der Waals surface area contributed by atoms with Gasteiger partial charge >= 0.3 is 6.61 Å². The van der Waals surface area contributed by atoms with Gasteiger partial charge in [0.25, 0.3) is 0 Å². The summed E-state index contributed by atoms with van der Waals surface area (Å²) in [5.41, 5.74) is 4.16. The van der Waals surface area contributed by atoms with Gasteiger partial charge < -0.3 is 28.6 Å². The number of ether oxygens (including phenoxy) is 3. The first-order chi connectivity index (χ1) is 21.8. The van der Waals surface area contributed by atoms with Crippen LogP contribution >= 0.6 is 0 Å². The average Bonchev–Trinajstić information content (AvgIpc) is 3.39.